The third-order valence-electron chi connectivity index (χ3n) is 3.32. The SMILES string of the molecule is CC(Cl)CC(C)NC(=O)C1COc2ccccc2C1. The predicted octanol–water partition coefficient (Wildman–Crippen LogP) is 2.76. The van der Waals surface area contributed by atoms with Gasteiger partial charge in [0.1, 0.15) is 12.4 Å². The fourth-order valence-corrected chi connectivity index (χ4v) is 2.67. The van der Waals surface area contributed by atoms with Crippen molar-refractivity contribution in [2.24, 2.45) is 5.92 Å². The lowest BCUT2D eigenvalue weighted by Gasteiger charge is -2.26. The van der Waals surface area contributed by atoms with Gasteiger partial charge in [0.25, 0.3) is 0 Å². The van der Waals surface area contributed by atoms with Gasteiger partial charge in [-0.25, -0.2) is 0 Å². The number of nitrogens with one attached hydrogen (secondary N) is 1. The van der Waals surface area contributed by atoms with E-state index in [9.17, 15) is 4.79 Å². The number of amides is 1. The maximum atomic E-state index is 12.2. The zero-order valence-electron chi connectivity index (χ0n) is 11.4. The van der Waals surface area contributed by atoms with Crippen LogP contribution in [0.5, 0.6) is 5.75 Å². The lowest BCUT2D eigenvalue weighted by atomic mass is 9.95. The van der Waals surface area contributed by atoms with Crippen LogP contribution in [0.3, 0.4) is 0 Å². The molecule has 0 spiro atoms. The number of rotatable bonds is 4. The van der Waals surface area contributed by atoms with Gasteiger partial charge in [0.2, 0.25) is 5.91 Å². The van der Waals surface area contributed by atoms with Crippen molar-refractivity contribution in [3.05, 3.63) is 29.8 Å². The number of alkyl halides is 1. The minimum Gasteiger partial charge on any atom is -0.492 e. The summed E-state index contributed by atoms with van der Waals surface area (Å²) in [4.78, 5) is 12.2. The summed E-state index contributed by atoms with van der Waals surface area (Å²) < 4.78 is 5.63. The first-order chi connectivity index (χ1) is 9.06. The van der Waals surface area contributed by atoms with Crippen LogP contribution in [-0.4, -0.2) is 23.9 Å². The third-order valence-corrected chi connectivity index (χ3v) is 3.49. The van der Waals surface area contributed by atoms with Crippen molar-refractivity contribution in [2.45, 2.75) is 38.1 Å². The third kappa shape index (κ3) is 3.87. The standard InChI is InChI=1S/C15H20ClNO2/c1-10(16)7-11(2)17-15(18)13-8-12-5-3-4-6-14(12)19-9-13/h3-6,10-11,13H,7-9H2,1-2H3,(H,17,18). The Labute approximate surface area is 119 Å². The number of hydrogen-bond acceptors (Lipinski definition) is 2. The number of carbonyl (C=O) groups excluding carboxylic acids is 1. The highest BCUT2D eigenvalue weighted by Gasteiger charge is 2.26. The van der Waals surface area contributed by atoms with Crippen LogP contribution in [0.15, 0.2) is 24.3 Å². The molecule has 0 radical (unpaired) electrons. The van der Waals surface area contributed by atoms with Gasteiger partial charge in [-0.3, -0.25) is 4.79 Å². The molecule has 1 aromatic rings. The molecule has 1 aliphatic rings. The Kier molecular flexibility index (Phi) is 4.70. The fraction of sp³-hybridized carbons (Fsp3) is 0.533. The summed E-state index contributed by atoms with van der Waals surface area (Å²) in [5.74, 6) is 0.844. The van der Waals surface area contributed by atoms with Crippen molar-refractivity contribution in [3.63, 3.8) is 0 Å². The van der Waals surface area contributed by atoms with Crippen LogP contribution in [0.4, 0.5) is 0 Å². The van der Waals surface area contributed by atoms with Crippen LogP contribution in [-0.2, 0) is 11.2 Å². The molecular formula is C15H20ClNO2. The van der Waals surface area contributed by atoms with Crippen LogP contribution < -0.4 is 10.1 Å². The maximum Gasteiger partial charge on any atom is 0.227 e. The zero-order chi connectivity index (χ0) is 13.8. The Hall–Kier alpha value is -1.22. The summed E-state index contributed by atoms with van der Waals surface area (Å²) in [6.07, 6.45) is 1.52. The monoisotopic (exact) mass is 281 g/mol. The Balaban J connectivity index is 1.92. The molecule has 19 heavy (non-hydrogen) atoms. The molecule has 0 saturated carbocycles. The predicted molar refractivity (Wildman–Crippen MR) is 76.7 cm³/mol. The Morgan fingerprint density at radius 1 is 1.47 bits per heavy atom. The second-order valence-corrected chi connectivity index (χ2v) is 5.99. The summed E-state index contributed by atoms with van der Waals surface area (Å²) in [5, 5.41) is 3.08. The van der Waals surface area contributed by atoms with Gasteiger partial charge in [-0.2, -0.15) is 0 Å². The Morgan fingerprint density at radius 3 is 2.95 bits per heavy atom. The van der Waals surface area contributed by atoms with Crippen molar-refractivity contribution in [3.8, 4) is 5.75 Å². The minimum atomic E-state index is -0.108. The molecule has 1 aliphatic heterocycles. The number of carbonyl (C=O) groups is 1. The molecule has 1 amide bonds. The molecule has 3 atom stereocenters. The van der Waals surface area contributed by atoms with Gasteiger partial charge in [0.15, 0.2) is 0 Å². The Bertz CT molecular complexity index is 448. The van der Waals surface area contributed by atoms with E-state index in [1.807, 2.05) is 38.1 Å². The van der Waals surface area contributed by atoms with E-state index in [4.69, 9.17) is 16.3 Å². The van der Waals surface area contributed by atoms with E-state index in [0.29, 0.717) is 6.61 Å². The molecule has 3 nitrogen and oxygen atoms in total. The van der Waals surface area contributed by atoms with Crippen LogP contribution >= 0.6 is 11.6 Å². The average Bonchev–Trinajstić information content (AvgIpc) is 2.37. The first kappa shape index (κ1) is 14.2. The van der Waals surface area contributed by atoms with Crippen LogP contribution in [0, 0.1) is 5.92 Å². The highest BCUT2D eigenvalue weighted by Crippen LogP contribution is 2.26. The normalized spacial score (nSPS) is 20.9. The van der Waals surface area contributed by atoms with E-state index in [2.05, 4.69) is 5.32 Å². The highest BCUT2D eigenvalue weighted by atomic mass is 35.5. The van der Waals surface area contributed by atoms with E-state index in [1.165, 1.54) is 0 Å². The first-order valence-electron chi connectivity index (χ1n) is 6.71. The van der Waals surface area contributed by atoms with Crippen LogP contribution in [0.1, 0.15) is 25.8 Å². The minimum absolute atomic E-state index is 0.0549. The molecule has 104 valence electrons. The topological polar surface area (TPSA) is 38.3 Å². The van der Waals surface area contributed by atoms with Crippen molar-refractivity contribution < 1.29 is 9.53 Å². The Morgan fingerprint density at radius 2 is 2.21 bits per heavy atom. The number of benzene rings is 1. The summed E-state index contributed by atoms with van der Waals surface area (Å²) in [6.45, 7) is 4.37. The molecule has 0 bridgehead atoms. The van der Waals surface area contributed by atoms with Gasteiger partial charge >= 0.3 is 0 Å². The van der Waals surface area contributed by atoms with Crippen molar-refractivity contribution in [1.82, 2.24) is 5.32 Å². The van der Waals surface area contributed by atoms with Crippen molar-refractivity contribution >= 4 is 17.5 Å². The number of halogens is 1. The summed E-state index contributed by atoms with van der Waals surface area (Å²) in [7, 11) is 0. The van der Waals surface area contributed by atoms with E-state index >= 15 is 0 Å². The second kappa shape index (κ2) is 6.29. The molecule has 0 saturated heterocycles. The van der Waals surface area contributed by atoms with Crippen molar-refractivity contribution in [1.29, 1.82) is 0 Å². The zero-order valence-corrected chi connectivity index (χ0v) is 12.1. The largest absolute Gasteiger partial charge is 0.492 e. The summed E-state index contributed by atoms with van der Waals surface area (Å²) >= 11 is 5.93. The van der Waals surface area contributed by atoms with E-state index in [0.717, 1.165) is 24.2 Å². The van der Waals surface area contributed by atoms with E-state index < -0.39 is 0 Å². The number of para-hydroxylation sites is 1. The molecule has 3 unspecified atom stereocenters. The van der Waals surface area contributed by atoms with Crippen LogP contribution in [0.2, 0.25) is 0 Å². The van der Waals surface area contributed by atoms with Gasteiger partial charge in [0.05, 0.1) is 5.92 Å². The molecule has 1 N–H and O–H groups in total. The van der Waals surface area contributed by atoms with E-state index in [-0.39, 0.29) is 23.2 Å². The molecule has 4 heteroatoms. The molecule has 0 fully saturated rings. The van der Waals surface area contributed by atoms with Gasteiger partial charge in [-0.15, -0.1) is 11.6 Å². The van der Waals surface area contributed by atoms with Gasteiger partial charge in [-0.05, 0) is 38.3 Å². The lowest BCUT2D eigenvalue weighted by Crippen LogP contribution is -2.42. The lowest BCUT2D eigenvalue weighted by molar-refractivity contribution is -0.126. The van der Waals surface area contributed by atoms with E-state index in [1.54, 1.807) is 0 Å². The smallest absolute Gasteiger partial charge is 0.227 e. The maximum absolute atomic E-state index is 12.2. The fourth-order valence-electron chi connectivity index (χ4n) is 2.40. The molecule has 0 aliphatic carbocycles. The van der Waals surface area contributed by atoms with Crippen molar-refractivity contribution in [2.75, 3.05) is 6.61 Å². The molecule has 2 rings (SSSR count). The number of hydrogen-bond donors (Lipinski definition) is 1. The average molecular weight is 282 g/mol. The molecular weight excluding hydrogens is 262 g/mol. The van der Waals surface area contributed by atoms with Gasteiger partial charge < -0.3 is 10.1 Å². The highest BCUT2D eigenvalue weighted by molar-refractivity contribution is 6.20. The molecule has 1 heterocycles. The molecule has 1 aromatic carbocycles. The second-order valence-electron chi connectivity index (χ2n) is 5.25. The van der Waals surface area contributed by atoms with Gasteiger partial charge in [-0.1, -0.05) is 18.2 Å². The molecule has 0 aromatic heterocycles. The van der Waals surface area contributed by atoms with Gasteiger partial charge in [0, 0.05) is 11.4 Å². The van der Waals surface area contributed by atoms with Crippen LogP contribution in [0.25, 0.3) is 0 Å². The quantitative estimate of drug-likeness (QED) is 0.862. The number of fused-ring (bicyclic) bond motifs is 1. The first-order valence-corrected chi connectivity index (χ1v) is 7.15. The summed E-state index contributed by atoms with van der Waals surface area (Å²) in [6, 6.07) is 7.97. The number of ether oxygens (including phenoxy) is 1. The summed E-state index contributed by atoms with van der Waals surface area (Å²) in [5.41, 5.74) is 1.10.